The number of hydrogen-bond donors (Lipinski definition) is 0. The average Bonchev–Trinajstić information content (AvgIpc) is 3.20. The number of fused-ring (bicyclic) bond motifs is 1. The zero-order valence-corrected chi connectivity index (χ0v) is 17.7. The largest absolute Gasteiger partial charge is 0.497 e. The van der Waals surface area contributed by atoms with Crippen LogP contribution < -0.4 is 23.7 Å². The van der Waals surface area contributed by atoms with Gasteiger partial charge in [0.2, 0.25) is 12.5 Å². The molecule has 156 valence electrons. The molecule has 1 aliphatic rings. The van der Waals surface area contributed by atoms with E-state index in [0.29, 0.717) is 40.7 Å². The van der Waals surface area contributed by atoms with E-state index in [4.69, 9.17) is 23.7 Å². The Morgan fingerprint density at radius 2 is 1.72 bits per heavy atom. The van der Waals surface area contributed by atoms with Gasteiger partial charge in [0.05, 0.1) is 21.3 Å². The van der Waals surface area contributed by atoms with Gasteiger partial charge in [0, 0.05) is 23.6 Å². The number of carbonyl (C=O) groups excluding carboxylic acids is 1. The van der Waals surface area contributed by atoms with Gasteiger partial charge in [-0.1, -0.05) is 20.3 Å². The molecule has 1 atom stereocenters. The van der Waals surface area contributed by atoms with E-state index in [9.17, 15) is 4.79 Å². The van der Waals surface area contributed by atoms with Crippen LogP contribution in [0.1, 0.15) is 54.1 Å². The van der Waals surface area contributed by atoms with Gasteiger partial charge >= 0.3 is 0 Å². The van der Waals surface area contributed by atoms with Crippen LogP contribution >= 0.6 is 0 Å². The predicted molar refractivity (Wildman–Crippen MR) is 110 cm³/mol. The molecule has 0 spiro atoms. The fourth-order valence-electron chi connectivity index (χ4n) is 3.76. The van der Waals surface area contributed by atoms with E-state index in [-0.39, 0.29) is 18.5 Å². The summed E-state index contributed by atoms with van der Waals surface area (Å²) in [5.41, 5.74) is 2.68. The van der Waals surface area contributed by atoms with Crippen molar-refractivity contribution in [1.82, 2.24) is 0 Å². The second-order valence-corrected chi connectivity index (χ2v) is 7.10. The first-order valence-electron chi connectivity index (χ1n) is 9.77. The van der Waals surface area contributed by atoms with Crippen LogP contribution in [0.2, 0.25) is 0 Å². The minimum atomic E-state index is -0.0642. The summed E-state index contributed by atoms with van der Waals surface area (Å²) in [7, 11) is 4.76. The van der Waals surface area contributed by atoms with Crippen molar-refractivity contribution in [2.75, 3.05) is 28.1 Å². The van der Waals surface area contributed by atoms with Crippen molar-refractivity contribution in [3.63, 3.8) is 0 Å². The van der Waals surface area contributed by atoms with Gasteiger partial charge in [-0.2, -0.15) is 0 Å². The molecule has 29 heavy (non-hydrogen) atoms. The molecule has 1 heterocycles. The number of aryl methyl sites for hydroxylation is 1. The molecule has 3 rings (SSSR count). The fraction of sp³-hybridized carbons (Fsp3) is 0.435. The lowest BCUT2D eigenvalue weighted by atomic mass is 9.87. The average molecular weight is 400 g/mol. The lowest BCUT2D eigenvalue weighted by Crippen LogP contribution is -2.10. The number of ketones is 1. The van der Waals surface area contributed by atoms with E-state index in [1.807, 2.05) is 13.0 Å². The highest BCUT2D eigenvalue weighted by atomic mass is 16.7. The SMILES string of the molecule is CCCc1cc2c(c(OC)c1C(C)CC(=O)c1cc(OC)cc(OC)c1)OCO2. The molecule has 1 aliphatic heterocycles. The van der Waals surface area contributed by atoms with Crippen LogP contribution in [-0.4, -0.2) is 33.9 Å². The molecule has 0 saturated heterocycles. The summed E-state index contributed by atoms with van der Waals surface area (Å²) in [6.07, 6.45) is 2.17. The third-order valence-electron chi connectivity index (χ3n) is 5.12. The first kappa shape index (κ1) is 20.8. The van der Waals surface area contributed by atoms with Gasteiger partial charge in [-0.15, -0.1) is 0 Å². The van der Waals surface area contributed by atoms with Crippen LogP contribution in [0, 0.1) is 0 Å². The van der Waals surface area contributed by atoms with E-state index in [1.54, 1.807) is 39.5 Å². The molecule has 0 N–H and O–H groups in total. The lowest BCUT2D eigenvalue weighted by molar-refractivity contribution is 0.0974. The van der Waals surface area contributed by atoms with E-state index in [1.165, 1.54) is 0 Å². The number of hydrogen-bond acceptors (Lipinski definition) is 6. The highest BCUT2D eigenvalue weighted by Crippen LogP contribution is 2.48. The molecule has 0 radical (unpaired) electrons. The summed E-state index contributed by atoms with van der Waals surface area (Å²) in [6, 6.07) is 7.24. The quantitative estimate of drug-likeness (QED) is 0.565. The van der Waals surface area contributed by atoms with Gasteiger partial charge in [0.15, 0.2) is 17.3 Å². The minimum Gasteiger partial charge on any atom is -0.497 e. The van der Waals surface area contributed by atoms with Crippen LogP contribution in [0.3, 0.4) is 0 Å². The first-order chi connectivity index (χ1) is 14.0. The Hall–Kier alpha value is -2.89. The van der Waals surface area contributed by atoms with Crippen molar-refractivity contribution in [1.29, 1.82) is 0 Å². The predicted octanol–water partition coefficient (Wildman–Crippen LogP) is 4.77. The molecule has 0 fully saturated rings. The van der Waals surface area contributed by atoms with Crippen LogP contribution in [0.4, 0.5) is 0 Å². The number of ether oxygens (including phenoxy) is 5. The van der Waals surface area contributed by atoms with Gasteiger partial charge in [-0.3, -0.25) is 4.79 Å². The Morgan fingerprint density at radius 3 is 2.31 bits per heavy atom. The normalized spacial score (nSPS) is 13.1. The smallest absolute Gasteiger partial charge is 0.231 e. The van der Waals surface area contributed by atoms with Crippen LogP contribution in [0.5, 0.6) is 28.7 Å². The van der Waals surface area contributed by atoms with Crippen molar-refractivity contribution in [3.8, 4) is 28.7 Å². The minimum absolute atomic E-state index is 0.0110. The maximum atomic E-state index is 13.1. The summed E-state index contributed by atoms with van der Waals surface area (Å²) >= 11 is 0. The Kier molecular flexibility index (Phi) is 6.52. The fourth-order valence-corrected chi connectivity index (χ4v) is 3.76. The summed E-state index contributed by atoms with van der Waals surface area (Å²) in [4.78, 5) is 13.1. The van der Waals surface area contributed by atoms with Crippen molar-refractivity contribution in [2.24, 2.45) is 0 Å². The van der Waals surface area contributed by atoms with Gasteiger partial charge in [0.1, 0.15) is 11.5 Å². The summed E-state index contributed by atoms with van der Waals surface area (Å²) in [5, 5.41) is 0. The van der Waals surface area contributed by atoms with Crippen molar-refractivity contribution in [3.05, 3.63) is 41.0 Å². The number of rotatable bonds is 9. The van der Waals surface area contributed by atoms with Crippen LogP contribution in [0.25, 0.3) is 0 Å². The summed E-state index contributed by atoms with van der Waals surface area (Å²) in [5.74, 6) is 3.10. The molecular formula is C23H28O6. The number of carbonyl (C=O) groups is 1. The van der Waals surface area contributed by atoms with Crippen molar-refractivity contribution >= 4 is 5.78 Å². The summed E-state index contributed by atoms with van der Waals surface area (Å²) in [6.45, 7) is 4.34. The third kappa shape index (κ3) is 4.26. The monoisotopic (exact) mass is 400 g/mol. The third-order valence-corrected chi connectivity index (χ3v) is 5.12. The Balaban J connectivity index is 1.94. The second kappa shape index (κ2) is 9.07. The molecule has 0 saturated carbocycles. The molecule has 6 nitrogen and oxygen atoms in total. The first-order valence-corrected chi connectivity index (χ1v) is 9.77. The maximum Gasteiger partial charge on any atom is 0.231 e. The molecule has 2 aromatic rings. The Labute approximate surface area is 171 Å². The van der Waals surface area contributed by atoms with E-state index >= 15 is 0 Å². The molecule has 0 amide bonds. The molecule has 2 aromatic carbocycles. The van der Waals surface area contributed by atoms with Gasteiger partial charge in [0.25, 0.3) is 0 Å². The van der Waals surface area contributed by atoms with E-state index < -0.39 is 0 Å². The molecule has 0 aromatic heterocycles. The lowest BCUT2D eigenvalue weighted by Gasteiger charge is -2.21. The topological polar surface area (TPSA) is 63.2 Å². The zero-order chi connectivity index (χ0) is 21.0. The second-order valence-electron chi connectivity index (χ2n) is 7.10. The highest BCUT2D eigenvalue weighted by molar-refractivity contribution is 5.97. The van der Waals surface area contributed by atoms with E-state index in [0.717, 1.165) is 24.0 Å². The summed E-state index contributed by atoms with van der Waals surface area (Å²) < 4.78 is 27.5. The van der Waals surface area contributed by atoms with Crippen LogP contribution in [0.15, 0.2) is 24.3 Å². The maximum absolute atomic E-state index is 13.1. The molecule has 6 heteroatoms. The Bertz CT molecular complexity index is 867. The van der Waals surface area contributed by atoms with Crippen molar-refractivity contribution in [2.45, 2.75) is 39.0 Å². The van der Waals surface area contributed by atoms with Gasteiger partial charge < -0.3 is 23.7 Å². The zero-order valence-electron chi connectivity index (χ0n) is 17.7. The van der Waals surface area contributed by atoms with Crippen molar-refractivity contribution < 1.29 is 28.5 Å². The van der Waals surface area contributed by atoms with Crippen LogP contribution in [-0.2, 0) is 6.42 Å². The molecule has 1 unspecified atom stereocenters. The number of Topliss-reactive ketones (excluding diaryl/α,β-unsaturated/α-hetero) is 1. The molecule has 0 aliphatic carbocycles. The standard InChI is InChI=1S/C23H28O6/c1-6-7-15-11-20-22(29-13-28-20)23(27-5)21(15)14(2)8-19(24)16-9-17(25-3)12-18(10-16)26-4/h9-12,14H,6-8,13H2,1-5H3. The van der Waals surface area contributed by atoms with Gasteiger partial charge in [-0.25, -0.2) is 0 Å². The number of methoxy groups -OCH3 is 3. The molecule has 0 bridgehead atoms. The van der Waals surface area contributed by atoms with E-state index in [2.05, 4.69) is 6.92 Å². The number of benzene rings is 2. The Morgan fingerprint density at radius 1 is 1.03 bits per heavy atom. The molecular weight excluding hydrogens is 372 g/mol. The van der Waals surface area contributed by atoms with Gasteiger partial charge in [-0.05, 0) is 36.1 Å². The highest BCUT2D eigenvalue weighted by Gasteiger charge is 2.28.